The van der Waals surface area contributed by atoms with E-state index in [1.54, 1.807) is 0 Å². The van der Waals surface area contributed by atoms with Crippen molar-refractivity contribution >= 4 is 48.8 Å². The molecule has 3 N–H and O–H groups in total. The fourth-order valence-electron chi connectivity index (χ4n) is 3.59. The Balaban J connectivity index is 0. The minimum absolute atomic E-state index is 0. The van der Waals surface area contributed by atoms with Gasteiger partial charge in [-0.1, -0.05) is 32.0 Å². The van der Waals surface area contributed by atoms with Gasteiger partial charge in [0.05, 0.1) is 5.41 Å². The van der Waals surface area contributed by atoms with Crippen LogP contribution in [0, 0.1) is 5.41 Å². The van der Waals surface area contributed by atoms with Gasteiger partial charge in [0, 0.05) is 51.0 Å². The monoisotopic (exact) mass is 454 g/mol. The summed E-state index contributed by atoms with van der Waals surface area (Å²) in [6, 6.07) is 10.7. The predicted molar refractivity (Wildman–Crippen MR) is 127 cm³/mol. The van der Waals surface area contributed by atoms with Crippen LogP contribution < -0.4 is 16.0 Å². The number of nitrogens with two attached hydrogens (primary N) is 1. The third kappa shape index (κ3) is 7.60. The number of nitrogens with zero attached hydrogens (tertiary/aromatic N) is 2. The Morgan fingerprint density at radius 2 is 1.61 bits per heavy atom. The Bertz CT molecular complexity index is 527. The predicted octanol–water partition coefficient (Wildman–Crippen LogP) is 3.34. The van der Waals surface area contributed by atoms with Crippen molar-refractivity contribution in [1.29, 1.82) is 0 Å². The number of anilines is 1. The second-order valence-corrected chi connectivity index (χ2v) is 7.19. The first-order chi connectivity index (χ1) is 12.0. The Labute approximate surface area is 189 Å². The van der Waals surface area contributed by atoms with Gasteiger partial charge in [0.25, 0.3) is 0 Å². The summed E-state index contributed by atoms with van der Waals surface area (Å²) in [6.07, 6.45) is 1.57. The van der Waals surface area contributed by atoms with Gasteiger partial charge in [0.2, 0.25) is 5.91 Å². The third-order valence-electron chi connectivity index (χ3n) is 5.63. The minimum atomic E-state index is -0.416. The van der Waals surface area contributed by atoms with E-state index in [0.29, 0.717) is 6.54 Å². The Hall–Kier alpha value is -0.720. The van der Waals surface area contributed by atoms with Crippen LogP contribution in [0.3, 0.4) is 0 Å². The van der Waals surface area contributed by atoms with Crippen LogP contribution in [-0.2, 0) is 4.79 Å². The molecule has 0 spiro atoms. The van der Waals surface area contributed by atoms with Crippen molar-refractivity contribution in [2.24, 2.45) is 11.1 Å². The summed E-state index contributed by atoms with van der Waals surface area (Å²) < 4.78 is 0. The van der Waals surface area contributed by atoms with Crippen LogP contribution in [-0.4, -0.2) is 56.1 Å². The summed E-state index contributed by atoms with van der Waals surface area (Å²) in [5.74, 6) is 0.107. The molecule has 1 amide bonds. The highest BCUT2D eigenvalue weighted by molar-refractivity contribution is 5.86. The first-order valence-corrected chi connectivity index (χ1v) is 9.58. The first-order valence-electron chi connectivity index (χ1n) is 9.58. The number of amides is 1. The van der Waals surface area contributed by atoms with E-state index in [-0.39, 0.29) is 49.2 Å². The highest BCUT2D eigenvalue weighted by Gasteiger charge is 2.34. The number of carbonyl (C=O) groups is 1. The van der Waals surface area contributed by atoms with Crippen molar-refractivity contribution < 1.29 is 4.79 Å². The number of piperazine rings is 1. The molecule has 1 heterocycles. The second kappa shape index (κ2) is 14.3. The Morgan fingerprint density at radius 1 is 1.07 bits per heavy atom. The SMILES string of the molecule is CCC(CC)(CN)C(=O)NC(C)CN1CCN(c2ccccc2)CC1.Cl.Cl.Cl. The zero-order chi connectivity index (χ0) is 18.3. The summed E-state index contributed by atoms with van der Waals surface area (Å²) in [6.45, 7) is 11.6. The fourth-order valence-corrected chi connectivity index (χ4v) is 3.59. The molecule has 1 atom stereocenters. The molecule has 0 aliphatic carbocycles. The lowest BCUT2D eigenvalue weighted by atomic mass is 9.81. The minimum Gasteiger partial charge on any atom is -0.369 e. The van der Waals surface area contributed by atoms with Crippen LogP contribution in [0.2, 0.25) is 0 Å². The number of halogens is 3. The maximum absolute atomic E-state index is 12.6. The summed E-state index contributed by atoms with van der Waals surface area (Å²) in [5.41, 5.74) is 6.76. The molecule has 1 unspecified atom stereocenters. The molecule has 1 saturated heterocycles. The van der Waals surface area contributed by atoms with Crippen LogP contribution in [0.1, 0.15) is 33.6 Å². The molecule has 5 nitrogen and oxygen atoms in total. The van der Waals surface area contributed by atoms with Gasteiger partial charge in [-0.2, -0.15) is 0 Å². The highest BCUT2D eigenvalue weighted by atomic mass is 35.5. The molecule has 2 rings (SSSR count). The van der Waals surface area contributed by atoms with Gasteiger partial charge in [0.1, 0.15) is 0 Å². The molecule has 1 aromatic carbocycles. The van der Waals surface area contributed by atoms with Gasteiger partial charge in [-0.25, -0.2) is 0 Å². The molecule has 0 bridgehead atoms. The van der Waals surface area contributed by atoms with Gasteiger partial charge >= 0.3 is 0 Å². The van der Waals surface area contributed by atoms with Crippen LogP contribution in [0.15, 0.2) is 30.3 Å². The zero-order valence-corrected chi connectivity index (χ0v) is 19.7. The molecular formula is C20H37Cl3N4O. The Morgan fingerprint density at radius 3 is 2.07 bits per heavy atom. The number of benzene rings is 1. The second-order valence-electron chi connectivity index (χ2n) is 7.19. The normalized spacial score (nSPS) is 15.5. The van der Waals surface area contributed by atoms with Gasteiger partial charge in [-0.15, -0.1) is 37.2 Å². The fraction of sp³-hybridized carbons (Fsp3) is 0.650. The summed E-state index contributed by atoms with van der Waals surface area (Å²) in [4.78, 5) is 17.5. The van der Waals surface area contributed by atoms with Crippen molar-refractivity contribution in [3.8, 4) is 0 Å². The molecular weight excluding hydrogens is 419 g/mol. The van der Waals surface area contributed by atoms with Crippen LogP contribution in [0.5, 0.6) is 0 Å². The molecule has 0 saturated carbocycles. The molecule has 1 aliphatic heterocycles. The van der Waals surface area contributed by atoms with E-state index in [4.69, 9.17) is 5.73 Å². The van der Waals surface area contributed by atoms with E-state index in [1.807, 2.05) is 13.8 Å². The van der Waals surface area contributed by atoms with E-state index >= 15 is 0 Å². The lowest BCUT2D eigenvalue weighted by Gasteiger charge is -2.38. The first kappa shape index (κ1) is 29.5. The summed E-state index contributed by atoms with van der Waals surface area (Å²) in [7, 11) is 0. The highest BCUT2D eigenvalue weighted by Crippen LogP contribution is 2.25. The summed E-state index contributed by atoms with van der Waals surface area (Å²) >= 11 is 0. The number of rotatable bonds is 8. The van der Waals surface area contributed by atoms with Gasteiger partial charge in [0.15, 0.2) is 0 Å². The van der Waals surface area contributed by atoms with Gasteiger partial charge < -0.3 is 16.0 Å². The van der Waals surface area contributed by atoms with E-state index in [0.717, 1.165) is 45.6 Å². The maximum Gasteiger partial charge on any atom is 0.227 e. The Kier molecular flexibility index (Phi) is 15.0. The average Bonchev–Trinajstić information content (AvgIpc) is 2.65. The number of para-hydroxylation sites is 1. The van der Waals surface area contributed by atoms with Gasteiger partial charge in [-0.05, 0) is 31.9 Å². The number of hydrogen-bond acceptors (Lipinski definition) is 4. The number of hydrogen-bond donors (Lipinski definition) is 2. The molecule has 8 heteroatoms. The third-order valence-corrected chi connectivity index (χ3v) is 5.63. The van der Waals surface area contributed by atoms with Crippen molar-refractivity contribution in [2.75, 3.05) is 44.2 Å². The van der Waals surface area contributed by atoms with E-state index in [2.05, 4.69) is 52.4 Å². The zero-order valence-electron chi connectivity index (χ0n) is 17.2. The van der Waals surface area contributed by atoms with Crippen molar-refractivity contribution in [1.82, 2.24) is 10.2 Å². The molecule has 1 fully saturated rings. The topological polar surface area (TPSA) is 61.6 Å². The quantitative estimate of drug-likeness (QED) is 0.631. The van der Waals surface area contributed by atoms with Crippen molar-refractivity contribution in [3.63, 3.8) is 0 Å². The smallest absolute Gasteiger partial charge is 0.227 e. The van der Waals surface area contributed by atoms with Gasteiger partial charge in [-0.3, -0.25) is 9.69 Å². The standard InChI is InChI=1S/C20H34N4O.3ClH/c1-4-20(5-2,16-21)19(25)22-17(3)15-23-11-13-24(14-12-23)18-9-7-6-8-10-18;;;/h6-10,17H,4-5,11-16,21H2,1-3H3,(H,22,25);3*1H. The largest absolute Gasteiger partial charge is 0.369 e. The van der Waals surface area contributed by atoms with Crippen LogP contribution in [0.25, 0.3) is 0 Å². The molecule has 0 aromatic heterocycles. The van der Waals surface area contributed by atoms with E-state index in [9.17, 15) is 4.79 Å². The molecule has 1 aromatic rings. The number of carbonyl (C=O) groups excluding carboxylic acids is 1. The molecule has 0 radical (unpaired) electrons. The molecule has 164 valence electrons. The lowest BCUT2D eigenvalue weighted by molar-refractivity contribution is -0.131. The van der Waals surface area contributed by atoms with E-state index < -0.39 is 5.41 Å². The van der Waals surface area contributed by atoms with Crippen molar-refractivity contribution in [2.45, 2.75) is 39.7 Å². The lowest BCUT2D eigenvalue weighted by Crippen LogP contribution is -2.53. The van der Waals surface area contributed by atoms with E-state index in [1.165, 1.54) is 5.69 Å². The maximum atomic E-state index is 12.6. The average molecular weight is 456 g/mol. The molecule has 1 aliphatic rings. The van der Waals surface area contributed by atoms with Crippen LogP contribution >= 0.6 is 37.2 Å². The molecule has 28 heavy (non-hydrogen) atoms. The van der Waals surface area contributed by atoms with Crippen LogP contribution in [0.4, 0.5) is 5.69 Å². The van der Waals surface area contributed by atoms with Crippen molar-refractivity contribution in [3.05, 3.63) is 30.3 Å². The summed E-state index contributed by atoms with van der Waals surface area (Å²) in [5, 5.41) is 3.19. The number of nitrogens with one attached hydrogen (secondary N) is 1.